The van der Waals surface area contributed by atoms with Crippen molar-refractivity contribution in [3.8, 4) is 0 Å². The Hall–Kier alpha value is -1.48. The maximum Gasteiger partial charge on any atom is 0.397 e. The van der Waals surface area contributed by atoms with Crippen molar-refractivity contribution < 1.29 is 19.5 Å². The Morgan fingerprint density at radius 2 is 2.00 bits per heavy atom. The number of hydrogen-bond donors (Lipinski definition) is 1. The molecule has 0 fully saturated rings. The number of aliphatic imine (C=N–C) groups is 1. The normalized spacial score (nSPS) is 7.00. The van der Waals surface area contributed by atoms with Gasteiger partial charge in [-0.05, 0) is 0 Å². The standard InChI is InChI=1S/C3HNO4/c5-1-4-2(6)3(7)8/h(H,7,8). The quantitative estimate of drug-likeness (QED) is 0.247. The molecule has 0 aromatic heterocycles. The lowest BCUT2D eigenvalue weighted by molar-refractivity contribution is -0.148. The first kappa shape index (κ1) is 6.52. The van der Waals surface area contributed by atoms with Gasteiger partial charge in [-0.15, -0.1) is 4.99 Å². The van der Waals surface area contributed by atoms with Crippen molar-refractivity contribution in [2.75, 3.05) is 0 Å². The fraction of sp³-hybridized carbons (Fsp3) is 0. The first-order valence-electron chi connectivity index (χ1n) is 1.53. The van der Waals surface area contributed by atoms with E-state index in [1.165, 1.54) is 0 Å². The van der Waals surface area contributed by atoms with E-state index in [1.54, 1.807) is 0 Å². The lowest BCUT2D eigenvalue weighted by Crippen LogP contribution is -2.08. The number of carboxylic acid groups (broad SMARTS) is 1. The molecule has 1 amide bonds. The largest absolute Gasteiger partial charge is 0.474 e. The van der Waals surface area contributed by atoms with Gasteiger partial charge >= 0.3 is 11.9 Å². The summed E-state index contributed by atoms with van der Waals surface area (Å²) in [6, 6.07) is 0. The van der Waals surface area contributed by atoms with E-state index in [-0.39, 0.29) is 0 Å². The first-order chi connectivity index (χ1) is 3.68. The van der Waals surface area contributed by atoms with Gasteiger partial charge in [0.05, 0.1) is 0 Å². The average Bonchev–Trinajstić information content (AvgIpc) is 1.67. The summed E-state index contributed by atoms with van der Waals surface area (Å²) in [6.45, 7) is 0. The summed E-state index contributed by atoms with van der Waals surface area (Å²) >= 11 is 0. The van der Waals surface area contributed by atoms with E-state index >= 15 is 0 Å². The molecular weight excluding hydrogens is 114 g/mol. The number of amides is 1. The van der Waals surface area contributed by atoms with Crippen LogP contribution in [-0.2, 0) is 14.4 Å². The van der Waals surface area contributed by atoms with E-state index in [1.807, 2.05) is 0 Å². The van der Waals surface area contributed by atoms with E-state index < -0.39 is 11.9 Å². The van der Waals surface area contributed by atoms with Crippen LogP contribution in [-0.4, -0.2) is 23.1 Å². The van der Waals surface area contributed by atoms with Crippen LogP contribution in [0.2, 0.25) is 0 Å². The van der Waals surface area contributed by atoms with Crippen molar-refractivity contribution in [2.45, 2.75) is 0 Å². The summed E-state index contributed by atoms with van der Waals surface area (Å²) in [5.74, 6) is -3.26. The van der Waals surface area contributed by atoms with Gasteiger partial charge < -0.3 is 5.11 Å². The van der Waals surface area contributed by atoms with Gasteiger partial charge in [0.2, 0.25) is 6.08 Å². The highest BCUT2D eigenvalue weighted by molar-refractivity contribution is 6.32. The highest BCUT2D eigenvalue weighted by atomic mass is 16.4. The molecule has 0 saturated carbocycles. The highest BCUT2D eigenvalue weighted by Gasteiger charge is 2.07. The molecular formula is C3HNO4. The van der Waals surface area contributed by atoms with Crippen LogP contribution in [0.3, 0.4) is 0 Å². The molecule has 0 saturated heterocycles. The molecule has 0 atom stereocenters. The van der Waals surface area contributed by atoms with E-state index in [2.05, 4.69) is 4.99 Å². The van der Waals surface area contributed by atoms with Crippen molar-refractivity contribution in [2.24, 2.45) is 4.99 Å². The van der Waals surface area contributed by atoms with Gasteiger partial charge in [-0.2, -0.15) is 0 Å². The number of carbonyl (C=O) groups is 2. The van der Waals surface area contributed by atoms with Gasteiger partial charge in [-0.3, -0.25) is 4.79 Å². The Kier molecular flexibility index (Phi) is 2.16. The minimum absolute atomic E-state index is 0.793. The molecule has 0 aliphatic carbocycles. The van der Waals surface area contributed by atoms with E-state index in [0.717, 1.165) is 6.08 Å². The molecule has 0 radical (unpaired) electrons. The van der Waals surface area contributed by atoms with Crippen LogP contribution in [0, 0.1) is 0 Å². The van der Waals surface area contributed by atoms with Crippen LogP contribution in [0.1, 0.15) is 0 Å². The minimum atomic E-state index is -1.76. The third kappa shape index (κ3) is 1.84. The number of nitrogens with zero attached hydrogens (tertiary/aromatic N) is 1. The molecule has 8 heavy (non-hydrogen) atoms. The van der Waals surface area contributed by atoms with Crippen molar-refractivity contribution in [3.05, 3.63) is 0 Å². The zero-order chi connectivity index (χ0) is 6.57. The Bertz CT molecular complexity index is 162. The number of rotatable bonds is 0. The summed E-state index contributed by atoms with van der Waals surface area (Å²) < 4.78 is 0. The molecule has 1 N–H and O–H groups in total. The Morgan fingerprint density at radius 3 is 2.12 bits per heavy atom. The fourth-order valence-corrected chi connectivity index (χ4v) is 0.0893. The third-order valence-electron chi connectivity index (χ3n) is 0.330. The fourth-order valence-electron chi connectivity index (χ4n) is 0.0893. The summed E-state index contributed by atoms with van der Waals surface area (Å²) in [6.07, 6.45) is 0.793. The Morgan fingerprint density at radius 1 is 1.50 bits per heavy atom. The molecule has 0 spiro atoms. The van der Waals surface area contributed by atoms with Crippen molar-refractivity contribution >= 4 is 18.0 Å². The van der Waals surface area contributed by atoms with E-state index in [4.69, 9.17) is 9.90 Å². The first-order valence-corrected chi connectivity index (χ1v) is 1.53. The molecule has 5 heteroatoms. The van der Waals surface area contributed by atoms with Crippen LogP contribution >= 0.6 is 0 Å². The van der Waals surface area contributed by atoms with Gasteiger partial charge in [-0.1, -0.05) is 0 Å². The zero-order valence-corrected chi connectivity index (χ0v) is 3.62. The van der Waals surface area contributed by atoms with Crippen molar-refractivity contribution in [3.63, 3.8) is 0 Å². The average molecular weight is 115 g/mol. The number of aliphatic carboxylic acids is 1. The number of carbonyl (C=O) groups excluding carboxylic acids is 2. The zero-order valence-electron chi connectivity index (χ0n) is 3.62. The van der Waals surface area contributed by atoms with Crippen LogP contribution in [0.25, 0.3) is 0 Å². The van der Waals surface area contributed by atoms with E-state index in [0.29, 0.717) is 0 Å². The topological polar surface area (TPSA) is 83.8 Å². The van der Waals surface area contributed by atoms with Gasteiger partial charge in [0.15, 0.2) is 0 Å². The Balaban J connectivity index is 4.05. The lowest BCUT2D eigenvalue weighted by Gasteiger charge is -1.73. The van der Waals surface area contributed by atoms with Gasteiger partial charge in [-0.25, -0.2) is 9.59 Å². The summed E-state index contributed by atoms with van der Waals surface area (Å²) in [4.78, 5) is 30.6. The lowest BCUT2D eigenvalue weighted by atomic mass is 10.7. The second-order valence-electron chi connectivity index (χ2n) is 0.813. The predicted molar refractivity (Wildman–Crippen MR) is 20.8 cm³/mol. The van der Waals surface area contributed by atoms with Crippen LogP contribution in [0.15, 0.2) is 4.99 Å². The maximum atomic E-state index is 9.71. The molecule has 0 aromatic carbocycles. The SMILES string of the molecule is O=C=NC(=O)C(=O)O. The predicted octanol–water partition coefficient (Wildman–Crippen LogP) is -1.07. The number of hydrogen-bond acceptors (Lipinski definition) is 3. The van der Waals surface area contributed by atoms with Crippen molar-refractivity contribution in [1.82, 2.24) is 0 Å². The number of isocyanates is 1. The Labute approximate surface area is 43.6 Å². The highest BCUT2D eigenvalue weighted by Crippen LogP contribution is 1.68. The summed E-state index contributed by atoms with van der Waals surface area (Å²) in [7, 11) is 0. The minimum Gasteiger partial charge on any atom is -0.474 e. The molecule has 0 bridgehead atoms. The van der Waals surface area contributed by atoms with Crippen molar-refractivity contribution in [1.29, 1.82) is 0 Å². The smallest absolute Gasteiger partial charge is 0.397 e. The maximum absolute atomic E-state index is 9.71. The van der Waals surface area contributed by atoms with Gasteiger partial charge in [0, 0.05) is 0 Å². The second-order valence-corrected chi connectivity index (χ2v) is 0.813. The molecule has 42 valence electrons. The monoisotopic (exact) mass is 115 g/mol. The second kappa shape index (κ2) is 2.65. The number of carboxylic acids is 1. The molecule has 0 aromatic rings. The van der Waals surface area contributed by atoms with Gasteiger partial charge in [0.1, 0.15) is 0 Å². The molecule has 0 heterocycles. The van der Waals surface area contributed by atoms with Crippen LogP contribution in [0.5, 0.6) is 0 Å². The molecule has 5 nitrogen and oxygen atoms in total. The van der Waals surface area contributed by atoms with E-state index in [9.17, 15) is 9.59 Å². The summed E-state index contributed by atoms with van der Waals surface area (Å²) in [5.41, 5.74) is 0. The molecule has 0 aliphatic heterocycles. The summed E-state index contributed by atoms with van der Waals surface area (Å²) in [5, 5.41) is 7.69. The molecule has 0 unspecified atom stereocenters. The van der Waals surface area contributed by atoms with Crippen LogP contribution in [0.4, 0.5) is 0 Å². The molecule has 0 aliphatic rings. The van der Waals surface area contributed by atoms with Crippen LogP contribution < -0.4 is 0 Å². The third-order valence-corrected chi connectivity index (χ3v) is 0.330. The molecule has 0 rings (SSSR count). The van der Waals surface area contributed by atoms with Gasteiger partial charge in [0.25, 0.3) is 0 Å².